The van der Waals surface area contributed by atoms with Gasteiger partial charge in [-0.1, -0.05) is 42.5 Å². The second-order valence-electron chi connectivity index (χ2n) is 7.26. The summed E-state index contributed by atoms with van der Waals surface area (Å²) in [5.41, 5.74) is 0. The zero-order valence-corrected chi connectivity index (χ0v) is 16.1. The molecule has 0 N–H and O–H groups in total. The predicted octanol–water partition coefficient (Wildman–Crippen LogP) is 3.03. The van der Waals surface area contributed by atoms with Gasteiger partial charge in [0.1, 0.15) is 0 Å². The lowest BCUT2D eigenvalue weighted by Gasteiger charge is -2.34. The molecule has 0 saturated carbocycles. The fourth-order valence-electron chi connectivity index (χ4n) is 3.87. The third-order valence-electron chi connectivity index (χ3n) is 5.50. The van der Waals surface area contributed by atoms with Gasteiger partial charge in [-0.15, -0.1) is 0 Å². The van der Waals surface area contributed by atoms with Crippen molar-refractivity contribution in [1.29, 1.82) is 0 Å². The Morgan fingerprint density at radius 3 is 2.44 bits per heavy atom. The molecule has 0 unspecified atom stereocenters. The van der Waals surface area contributed by atoms with Crippen LogP contribution in [-0.4, -0.2) is 49.7 Å². The molecule has 1 heterocycles. The molecule has 5 nitrogen and oxygen atoms in total. The molecule has 0 spiro atoms. The maximum absolute atomic E-state index is 13.0. The smallest absolute Gasteiger partial charge is 0.243 e. The monoisotopic (exact) mass is 384 g/mol. The van der Waals surface area contributed by atoms with E-state index in [9.17, 15) is 13.2 Å². The van der Waals surface area contributed by atoms with Crippen LogP contribution in [0.15, 0.2) is 59.5 Å². The average Bonchev–Trinajstić information content (AvgIpc) is 3.20. The Kier molecular flexibility index (Phi) is 5.02. The molecule has 1 aliphatic heterocycles. The van der Waals surface area contributed by atoms with Gasteiger partial charge in [-0.2, -0.15) is 4.31 Å². The van der Waals surface area contributed by atoms with Gasteiger partial charge in [0.25, 0.3) is 0 Å². The summed E-state index contributed by atoms with van der Waals surface area (Å²) in [6.45, 7) is 1.62. The van der Waals surface area contributed by atoms with Crippen molar-refractivity contribution < 1.29 is 13.2 Å². The van der Waals surface area contributed by atoms with Crippen LogP contribution in [0, 0.1) is 5.92 Å². The van der Waals surface area contributed by atoms with E-state index in [1.807, 2.05) is 30.3 Å². The normalized spacial score (nSPS) is 21.0. The van der Waals surface area contributed by atoms with Crippen LogP contribution >= 0.6 is 0 Å². The lowest BCUT2D eigenvalue weighted by Crippen LogP contribution is -2.50. The molecule has 1 fully saturated rings. The molecular formula is C21H24N2O3S. The first-order valence-corrected chi connectivity index (χ1v) is 10.9. The van der Waals surface area contributed by atoms with Crippen molar-refractivity contribution in [2.75, 3.05) is 26.2 Å². The highest BCUT2D eigenvalue weighted by Gasteiger charge is 2.30. The van der Waals surface area contributed by atoms with E-state index in [-0.39, 0.29) is 5.91 Å². The summed E-state index contributed by atoms with van der Waals surface area (Å²) >= 11 is 0. The van der Waals surface area contributed by atoms with Crippen molar-refractivity contribution in [3.63, 3.8) is 0 Å². The summed E-state index contributed by atoms with van der Waals surface area (Å²) in [7, 11) is -3.54. The molecular weight excluding hydrogens is 360 g/mol. The van der Waals surface area contributed by atoms with Crippen LogP contribution in [0.1, 0.15) is 19.3 Å². The fourth-order valence-corrected chi connectivity index (χ4v) is 5.33. The quantitative estimate of drug-likeness (QED) is 0.762. The molecule has 1 saturated heterocycles. The number of allylic oxidation sites excluding steroid dienone is 2. The van der Waals surface area contributed by atoms with Gasteiger partial charge in [0.2, 0.25) is 15.9 Å². The summed E-state index contributed by atoms with van der Waals surface area (Å²) in [5.74, 6) is 0.478. The molecule has 1 aliphatic carbocycles. The van der Waals surface area contributed by atoms with E-state index in [0.29, 0.717) is 43.4 Å². The van der Waals surface area contributed by atoms with Crippen molar-refractivity contribution >= 4 is 26.7 Å². The van der Waals surface area contributed by atoms with E-state index in [2.05, 4.69) is 12.2 Å². The van der Waals surface area contributed by atoms with Gasteiger partial charge in [0.15, 0.2) is 0 Å². The number of carbonyl (C=O) groups excluding carboxylic acids is 1. The summed E-state index contributed by atoms with van der Waals surface area (Å²) in [5, 5.41) is 1.94. The Morgan fingerprint density at radius 1 is 1.00 bits per heavy atom. The molecule has 1 atom stereocenters. The molecule has 4 rings (SSSR count). The SMILES string of the molecule is O=C(C[C@@H]1C=CCC1)N1CCN(S(=O)(=O)c2ccc3ccccc3c2)CC1. The Hall–Kier alpha value is -2.18. The van der Waals surface area contributed by atoms with Gasteiger partial charge < -0.3 is 4.90 Å². The Bertz CT molecular complexity index is 976. The maximum Gasteiger partial charge on any atom is 0.243 e. The number of piperazine rings is 1. The van der Waals surface area contributed by atoms with Crippen LogP contribution in [-0.2, 0) is 14.8 Å². The lowest BCUT2D eigenvalue weighted by atomic mass is 10.0. The number of hydrogen-bond acceptors (Lipinski definition) is 3. The zero-order chi connectivity index (χ0) is 18.9. The van der Waals surface area contributed by atoms with Gasteiger partial charge >= 0.3 is 0 Å². The summed E-state index contributed by atoms with van der Waals surface area (Å²) in [6, 6.07) is 13.0. The highest BCUT2D eigenvalue weighted by Crippen LogP contribution is 2.24. The number of carbonyl (C=O) groups is 1. The molecule has 0 aromatic heterocycles. The number of amides is 1. The fraction of sp³-hybridized carbons (Fsp3) is 0.381. The minimum atomic E-state index is -3.54. The van der Waals surface area contributed by atoms with E-state index in [4.69, 9.17) is 0 Å². The van der Waals surface area contributed by atoms with Crippen LogP contribution < -0.4 is 0 Å². The lowest BCUT2D eigenvalue weighted by molar-refractivity contribution is -0.133. The number of sulfonamides is 1. The van der Waals surface area contributed by atoms with Crippen molar-refractivity contribution in [1.82, 2.24) is 9.21 Å². The van der Waals surface area contributed by atoms with Crippen LogP contribution in [0.5, 0.6) is 0 Å². The van der Waals surface area contributed by atoms with Crippen LogP contribution in [0.3, 0.4) is 0 Å². The van der Waals surface area contributed by atoms with Crippen LogP contribution in [0.25, 0.3) is 10.8 Å². The molecule has 0 radical (unpaired) electrons. The number of fused-ring (bicyclic) bond motifs is 1. The maximum atomic E-state index is 13.0. The topological polar surface area (TPSA) is 57.7 Å². The van der Waals surface area contributed by atoms with E-state index in [0.717, 1.165) is 23.6 Å². The third kappa shape index (κ3) is 3.77. The number of benzene rings is 2. The van der Waals surface area contributed by atoms with Gasteiger partial charge in [0, 0.05) is 32.6 Å². The standard InChI is InChI=1S/C21H24N2O3S/c24-21(15-17-5-1-2-6-17)22-11-13-23(14-12-22)27(25,26)20-10-9-18-7-3-4-8-19(18)16-20/h1,3-5,7-10,16-17H,2,6,11-15H2/t17-/m1/s1. The molecule has 6 heteroatoms. The van der Waals surface area contributed by atoms with E-state index < -0.39 is 10.0 Å². The second kappa shape index (κ2) is 7.44. The first-order chi connectivity index (χ1) is 13.0. The minimum absolute atomic E-state index is 0.134. The van der Waals surface area contributed by atoms with Crippen molar-refractivity contribution in [3.05, 3.63) is 54.6 Å². The molecule has 1 amide bonds. The van der Waals surface area contributed by atoms with Gasteiger partial charge in [0.05, 0.1) is 4.90 Å². The second-order valence-corrected chi connectivity index (χ2v) is 9.20. The summed E-state index contributed by atoms with van der Waals surface area (Å²) < 4.78 is 27.5. The molecule has 27 heavy (non-hydrogen) atoms. The number of rotatable bonds is 4. The third-order valence-corrected chi connectivity index (χ3v) is 7.39. The molecule has 0 bridgehead atoms. The molecule has 2 aliphatic rings. The predicted molar refractivity (Wildman–Crippen MR) is 106 cm³/mol. The average molecular weight is 385 g/mol. The van der Waals surface area contributed by atoms with Crippen molar-refractivity contribution in [3.8, 4) is 0 Å². The minimum Gasteiger partial charge on any atom is -0.340 e. The molecule has 142 valence electrons. The Labute approximate surface area is 160 Å². The van der Waals surface area contributed by atoms with Crippen LogP contribution in [0.4, 0.5) is 0 Å². The highest BCUT2D eigenvalue weighted by molar-refractivity contribution is 7.89. The Morgan fingerprint density at radius 2 is 1.74 bits per heavy atom. The Balaban J connectivity index is 1.43. The summed E-state index contributed by atoms with van der Waals surface area (Å²) in [6.07, 6.45) is 6.88. The van der Waals surface area contributed by atoms with Gasteiger partial charge in [-0.3, -0.25) is 4.79 Å². The van der Waals surface area contributed by atoms with E-state index >= 15 is 0 Å². The molecule has 2 aromatic carbocycles. The number of nitrogens with zero attached hydrogens (tertiary/aromatic N) is 2. The summed E-state index contributed by atoms with van der Waals surface area (Å²) in [4.78, 5) is 14.6. The van der Waals surface area contributed by atoms with Crippen molar-refractivity contribution in [2.24, 2.45) is 5.92 Å². The largest absolute Gasteiger partial charge is 0.340 e. The van der Waals surface area contributed by atoms with Gasteiger partial charge in [-0.05, 0) is 41.7 Å². The zero-order valence-electron chi connectivity index (χ0n) is 15.3. The van der Waals surface area contributed by atoms with Crippen LogP contribution in [0.2, 0.25) is 0 Å². The van der Waals surface area contributed by atoms with E-state index in [1.54, 1.807) is 17.0 Å². The highest BCUT2D eigenvalue weighted by atomic mass is 32.2. The van der Waals surface area contributed by atoms with Gasteiger partial charge in [-0.25, -0.2) is 8.42 Å². The number of hydrogen-bond donors (Lipinski definition) is 0. The van der Waals surface area contributed by atoms with Crippen molar-refractivity contribution in [2.45, 2.75) is 24.2 Å². The first-order valence-electron chi connectivity index (χ1n) is 9.47. The first kappa shape index (κ1) is 18.2. The molecule has 2 aromatic rings. The van der Waals surface area contributed by atoms with E-state index in [1.165, 1.54) is 4.31 Å².